The fraction of sp³-hybridized carbons (Fsp3) is 0.350. The van der Waals surface area contributed by atoms with Gasteiger partial charge in [0.2, 0.25) is 5.75 Å². The number of carbonyl (C=O) groups excluding carboxylic acids is 1. The van der Waals surface area contributed by atoms with Gasteiger partial charge in [-0.2, -0.15) is 0 Å². The topological polar surface area (TPSA) is 112 Å². The molecule has 0 amide bonds. The van der Waals surface area contributed by atoms with Gasteiger partial charge >= 0.3 is 7.82 Å². The minimum Gasteiger partial charge on any atom is -0.497 e. The second-order valence-electron chi connectivity index (χ2n) is 7.55. The van der Waals surface area contributed by atoms with Crippen molar-refractivity contribution in [3.05, 3.63) is 53.3 Å². The van der Waals surface area contributed by atoms with Crippen molar-refractivity contribution in [1.82, 2.24) is 0 Å². The fourth-order valence-corrected chi connectivity index (χ4v) is 3.97. The lowest BCUT2D eigenvalue weighted by atomic mass is 10.0. The van der Waals surface area contributed by atoms with Gasteiger partial charge in [0.25, 0.3) is 0 Å². The van der Waals surface area contributed by atoms with E-state index in [-0.39, 0.29) is 11.7 Å². The number of ether oxygens (including phenoxy) is 2. The van der Waals surface area contributed by atoms with E-state index in [1.54, 1.807) is 18.2 Å². The Balaban J connectivity index is 1.91. The van der Waals surface area contributed by atoms with Gasteiger partial charge in [-0.25, -0.2) is 8.96 Å². The molecular formula is C20H22FO8P. The predicted molar refractivity (Wildman–Crippen MR) is 104 cm³/mol. The van der Waals surface area contributed by atoms with E-state index < -0.39 is 30.7 Å². The highest BCUT2D eigenvalue weighted by Crippen LogP contribution is 2.66. The summed E-state index contributed by atoms with van der Waals surface area (Å²) in [4.78, 5) is 35.3. The normalized spacial score (nSPS) is 19.8. The maximum Gasteiger partial charge on any atom is 0.505 e. The van der Waals surface area contributed by atoms with Crippen LogP contribution < -0.4 is 14.4 Å². The number of rotatable bonds is 8. The van der Waals surface area contributed by atoms with E-state index >= 15 is 0 Å². The van der Waals surface area contributed by atoms with Gasteiger partial charge in [-0.05, 0) is 41.3 Å². The number of benzene rings is 2. The third kappa shape index (κ3) is 4.34. The smallest absolute Gasteiger partial charge is 0.497 e. The van der Waals surface area contributed by atoms with Crippen LogP contribution in [0.2, 0.25) is 0 Å². The highest BCUT2D eigenvalue weighted by Gasteiger charge is 2.62. The summed E-state index contributed by atoms with van der Waals surface area (Å²) in [5, 5.41) is 0. The third-order valence-electron chi connectivity index (χ3n) is 5.32. The van der Waals surface area contributed by atoms with E-state index in [4.69, 9.17) is 19.3 Å². The number of hydrogen-bond acceptors (Lipinski definition) is 6. The minimum atomic E-state index is -4.95. The number of hydrogen-bond donors (Lipinski definition) is 2. The molecule has 3 rings (SSSR count). The molecule has 30 heavy (non-hydrogen) atoms. The first-order valence-corrected chi connectivity index (χ1v) is 10.5. The fourth-order valence-electron chi connectivity index (χ4n) is 3.79. The summed E-state index contributed by atoms with van der Waals surface area (Å²) in [6.45, 7) is 3.81. The van der Waals surface area contributed by atoms with Crippen LogP contribution in [0.25, 0.3) is 0 Å². The molecule has 0 saturated heterocycles. The molecule has 1 aliphatic carbocycles. The first-order chi connectivity index (χ1) is 14.0. The average molecular weight is 440 g/mol. The second-order valence-corrected chi connectivity index (χ2v) is 8.68. The molecule has 2 aromatic rings. The summed E-state index contributed by atoms with van der Waals surface area (Å²) in [7, 11) is -1.98. The van der Waals surface area contributed by atoms with Crippen molar-refractivity contribution in [2.45, 2.75) is 19.8 Å². The van der Waals surface area contributed by atoms with Crippen LogP contribution in [-0.2, 0) is 9.24 Å². The molecule has 10 heteroatoms. The SMILES string of the molecule is COc1ccc(OC)c(C(=O)C2C(c3ccc(F)c(OOP(=O)(O)O)c3)C2(C)C)c1. The largest absolute Gasteiger partial charge is 0.505 e. The van der Waals surface area contributed by atoms with E-state index in [1.165, 1.54) is 26.4 Å². The summed E-state index contributed by atoms with van der Waals surface area (Å²) in [5.74, 6) is -1.27. The quantitative estimate of drug-likeness (QED) is 0.275. The molecule has 2 aromatic carbocycles. The van der Waals surface area contributed by atoms with Crippen LogP contribution in [0.3, 0.4) is 0 Å². The number of methoxy groups -OCH3 is 2. The molecule has 2 unspecified atom stereocenters. The third-order valence-corrected chi connectivity index (χ3v) is 5.59. The lowest BCUT2D eigenvalue weighted by molar-refractivity contribution is -0.125. The van der Waals surface area contributed by atoms with E-state index in [0.717, 1.165) is 6.07 Å². The average Bonchev–Trinajstić information content (AvgIpc) is 3.27. The number of Topliss-reactive ketones (excluding diaryl/α,β-unsaturated/α-hetero) is 1. The van der Waals surface area contributed by atoms with E-state index in [9.17, 15) is 13.8 Å². The van der Waals surface area contributed by atoms with Gasteiger partial charge in [0, 0.05) is 11.8 Å². The van der Waals surface area contributed by atoms with Gasteiger partial charge in [-0.1, -0.05) is 24.6 Å². The number of ketones is 1. The van der Waals surface area contributed by atoms with E-state index in [1.807, 2.05) is 13.8 Å². The Hall–Kier alpha value is -2.45. The summed E-state index contributed by atoms with van der Waals surface area (Å²) < 4.78 is 39.2. The number of halogens is 1. The zero-order chi connectivity index (χ0) is 22.3. The second kappa shape index (κ2) is 8.00. The Kier molecular flexibility index (Phi) is 5.93. The number of phosphoric acid groups is 1. The molecular weight excluding hydrogens is 418 g/mol. The van der Waals surface area contributed by atoms with Crippen LogP contribution >= 0.6 is 7.82 Å². The molecule has 0 radical (unpaired) electrons. The maximum absolute atomic E-state index is 14.0. The lowest BCUT2D eigenvalue weighted by Crippen LogP contribution is -2.09. The molecule has 1 saturated carbocycles. The zero-order valence-electron chi connectivity index (χ0n) is 16.8. The van der Waals surface area contributed by atoms with Crippen LogP contribution in [0.5, 0.6) is 17.2 Å². The molecule has 8 nitrogen and oxygen atoms in total. The van der Waals surface area contributed by atoms with Gasteiger partial charge in [-0.15, -0.1) is 0 Å². The van der Waals surface area contributed by atoms with Gasteiger partial charge in [0.15, 0.2) is 11.6 Å². The molecule has 0 heterocycles. The van der Waals surface area contributed by atoms with Crippen molar-refractivity contribution >= 4 is 13.6 Å². The van der Waals surface area contributed by atoms with Crippen molar-refractivity contribution in [3.63, 3.8) is 0 Å². The van der Waals surface area contributed by atoms with Crippen LogP contribution in [0.15, 0.2) is 36.4 Å². The summed E-state index contributed by atoms with van der Waals surface area (Å²) >= 11 is 0. The van der Waals surface area contributed by atoms with Crippen LogP contribution in [0.4, 0.5) is 4.39 Å². The molecule has 0 aromatic heterocycles. The minimum absolute atomic E-state index is 0.154. The molecule has 1 fully saturated rings. The molecule has 0 aliphatic heterocycles. The summed E-state index contributed by atoms with van der Waals surface area (Å²) in [6.07, 6.45) is 0. The van der Waals surface area contributed by atoms with Crippen molar-refractivity contribution < 1.29 is 42.6 Å². The summed E-state index contributed by atoms with van der Waals surface area (Å²) in [5.41, 5.74) is 0.497. The summed E-state index contributed by atoms with van der Waals surface area (Å²) in [6, 6.07) is 8.82. The Morgan fingerprint density at radius 1 is 1.07 bits per heavy atom. The van der Waals surface area contributed by atoms with Gasteiger partial charge in [0.1, 0.15) is 11.5 Å². The van der Waals surface area contributed by atoms with E-state index in [0.29, 0.717) is 22.6 Å². The molecule has 0 spiro atoms. The standard InChI is InChI=1S/C20H22FO8P/c1-20(2)17(11-5-7-14(21)16(9-11)28-29-30(23,24)25)18(20)19(22)13-10-12(26-3)6-8-15(13)27-4/h5-10,17-18H,1-4H3,(H2,23,24,25). The predicted octanol–water partition coefficient (Wildman–Crippen LogP) is 3.87. The van der Waals surface area contributed by atoms with Gasteiger partial charge in [0.05, 0.1) is 19.8 Å². The van der Waals surface area contributed by atoms with Crippen molar-refractivity contribution in [3.8, 4) is 17.2 Å². The molecule has 1 aliphatic rings. The Bertz CT molecular complexity index is 1020. The Morgan fingerprint density at radius 2 is 1.77 bits per heavy atom. The highest BCUT2D eigenvalue weighted by atomic mass is 31.2. The molecule has 162 valence electrons. The Morgan fingerprint density at radius 3 is 2.37 bits per heavy atom. The monoisotopic (exact) mass is 440 g/mol. The van der Waals surface area contributed by atoms with Crippen molar-refractivity contribution in [2.24, 2.45) is 11.3 Å². The number of carbonyl (C=O) groups is 1. The lowest BCUT2D eigenvalue weighted by Gasteiger charge is -2.10. The first kappa shape index (κ1) is 22.2. The maximum atomic E-state index is 14.0. The van der Waals surface area contributed by atoms with Crippen molar-refractivity contribution in [1.29, 1.82) is 0 Å². The van der Waals surface area contributed by atoms with Crippen LogP contribution in [0.1, 0.15) is 35.7 Å². The van der Waals surface area contributed by atoms with Crippen LogP contribution in [-0.4, -0.2) is 29.8 Å². The highest BCUT2D eigenvalue weighted by molar-refractivity contribution is 7.46. The van der Waals surface area contributed by atoms with Gasteiger partial charge in [-0.3, -0.25) is 4.79 Å². The van der Waals surface area contributed by atoms with Crippen molar-refractivity contribution in [2.75, 3.05) is 14.2 Å². The molecule has 0 bridgehead atoms. The molecule has 2 atom stereocenters. The first-order valence-electron chi connectivity index (χ1n) is 8.97. The molecule has 2 N–H and O–H groups in total. The van der Waals surface area contributed by atoms with Crippen LogP contribution in [0, 0.1) is 17.2 Å². The Labute approximate surface area is 172 Å². The van der Waals surface area contributed by atoms with E-state index in [2.05, 4.69) is 9.56 Å². The zero-order valence-corrected chi connectivity index (χ0v) is 17.7. The van der Waals surface area contributed by atoms with Gasteiger partial charge < -0.3 is 24.1 Å².